The molecule has 0 atom stereocenters. The van der Waals surface area contributed by atoms with Crippen molar-refractivity contribution >= 4 is 5.69 Å². The lowest BCUT2D eigenvalue weighted by Crippen LogP contribution is -2.14. The number of anilines is 1. The summed E-state index contributed by atoms with van der Waals surface area (Å²) in [6.07, 6.45) is 6.45. The first-order chi connectivity index (χ1) is 7.31. The van der Waals surface area contributed by atoms with Gasteiger partial charge in [-0.3, -0.25) is 0 Å². The summed E-state index contributed by atoms with van der Waals surface area (Å²) in [5, 5.41) is 0. The molecular weight excluding hydrogens is 182 g/mol. The van der Waals surface area contributed by atoms with Gasteiger partial charge in [0.05, 0.1) is 0 Å². The van der Waals surface area contributed by atoms with Gasteiger partial charge in [-0.25, -0.2) is 0 Å². The minimum atomic E-state index is 1.20. The molecule has 0 N–H and O–H groups in total. The molecule has 1 heterocycles. The van der Waals surface area contributed by atoms with Crippen molar-refractivity contribution in [1.29, 1.82) is 0 Å². The molecule has 0 saturated carbocycles. The van der Waals surface area contributed by atoms with E-state index in [0.717, 1.165) is 0 Å². The molecule has 0 fully saturated rings. The zero-order chi connectivity index (χ0) is 10.4. The predicted octanol–water partition coefficient (Wildman–Crippen LogP) is 2.73. The Morgan fingerprint density at radius 1 is 1.20 bits per heavy atom. The summed E-state index contributed by atoms with van der Waals surface area (Å²) in [4.78, 5) is 2.47. The molecule has 1 aromatic rings. The highest BCUT2D eigenvalue weighted by molar-refractivity contribution is 5.68. The van der Waals surface area contributed by atoms with Gasteiger partial charge in [0.25, 0.3) is 0 Å². The van der Waals surface area contributed by atoms with E-state index in [4.69, 9.17) is 0 Å². The summed E-state index contributed by atoms with van der Waals surface area (Å²) in [5.74, 6) is 0. The second kappa shape index (κ2) is 3.26. The van der Waals surface area contributed by atoms with E-state index in [2.05, 4.69) is 24.9 Å². The molecule has 0 spiro atoms. The first-order valence-corrected chi connectivity index (χ1v) is 6.19. The number of rotatable bonds is 1. The monoisotopic (exact) mass is 201 g/mol. The van der Waals surface area contributed by atoms with E-state index in [0.29, 0.717) is 0 Å². The van der Waals surface area contributed by atoms with Crippen LogP contribution in [-0.4, -0.2) is 13.6 Å². The largest absolute Gasteiger partial charge is 0.374 e. The molecule has 0 saturated heterocycles. The minimum absolute atomic E-state index is 1.20. The lowest BCUT2D eigenvalue weighted by molar-refractivity contribution is 0.903. The van der Waals surface area contributed by atoms with Crippen LogP contribution in [0.25, 0.3) is 0 Å². The van der Waals surface area contributed by atoms with E-state index in [9.17, 15) is 0 Å². The Morgan fingerprint density at radius 2 is 2.07 bits per heavy atom. The topological polar surface area (TPSA) is 3.24 Å². The maximum Gasteiger partial charge on any atom is 0.0435 e. The highest BCUT2D eigenvalue weighted by Crippen LogP contribution is 2.39. The van der Waals surface area contributed by atoms with E-state index in [1.165, 1.54) is 38.6 Å². The third-order valence-corrected chi connectivity index (χ3v) is 4.03. The molecule has 1 aliphatic heterocycles. The molecule has 0 amide bonds. The van der Waals surface area contributed by atoms with Crippen molar-refractivity contribution in [2.75, 3.05) is 18.5 Å². The maximum absolute atomic E-state index is 2.49. The van der Waals surface area contributed by atoms with Gasteiger partial charge in [0, 0.05) is 19.3 Å². The standard InChI is InChI=1S/C14H19N/c1-3-10-9-11-5-4-6-12(11)14-13(10)7-8-15(14)2/h9H,3-8H2,1-2H3. The Hall–Kier alpha value is -0.980. The number of aryl methyl sites for hydroxylation is 2. The summed E-state index contributed by atoms with van der Waals surface area (Å²) in [6.45, 7) is 3.51. The van der Waals surface area contributed by atoms with Gasteiger partial charge in [-0.1, -0.05) is 13.0 Å². The third-order valence-electron chi connectivity index (χ3n) is 4.03. The summed E-state index contributed by atoms with van der Waals surface area (Å²) >= 11 is 0. The van der Waals surface area contributed by atoms with Crippen molar-refractivity contribution in [3.63, 3.8) is 0 Å². The Kier molecular flexibility index (Phi) is 2.01. The van der Waals surface area contributed by atoms with Crippen LogP contribution in [0.2, 0.25) is 0 Å². The molecule has 1 heteroatoms. The van der Waals surface area contributed by atoms with Crippen LogP contribution in [0.4, 0.5) is 5.69 Å². The van der Waals surface area contributed by atoms with E-state index in [1.807, 2.05) is 0 Å². The second-order valence-corrected chi connectivity index (χ2v) is 4.88. The van der Waals surface area contributed by atoms with Crippen LogP contribution in [0, 0.1) is 0 Å². The molecule has 0 unspecified atom stereocenters. The predicted molar refractivity (Wildman–Crippen MR) is 64.8 cm³/mol. The zero-order valence-corrected chi connectivity index (χ0v) is 9.77. The Balaban J connectivity index is 2.25. The zero-order valence-electron chi connectivity index (χ0n) is 9.77. The second-order valence-electron chi connectivity index (χ2n) is 4.88. The molecule has 3 rings (SSSR count). The molecule has 0 radical (unpaired) electrons. The Morgan fingerprint density at radius 3 is 2.87 bits per heavy atom. The quantitative estimate of drug-likeness (QED) is 0.675. The first kappa shape index (κ1) is 9.26. The highest BCUT2D eigenvalue weighted by atomic mass is 15.1. The summed E-state index contributed by atoms with van der Waals surface area (Å²) in [5.41, 5.74) is 8.17. The van der Waals surface area contributed by atoms with Gasteiger partial charge < -0.3 is 4.90 Å². The average molecular weight is 201 g/mol. The molecule has 1 aliphatic carbocycles. The van der Waals surface area contributed by atoms with Crippen molar-refractivity contribution < 1.29 is 0 Å². The van der Waals surface area contributed by atoms with E-state index >= 15 is 0 Å². The SMILES string of the molecule is CCc1cc2c(c3c1CCN3C)CCC2. The molecule has 80 valence electrons. The van der Waals surface area contributed by atoms with Crippen molar-refractivity contribution in [2.24, 2.45) is 0 Å². The fraction of sp³-hybridized carbons (Fsp3) is 0.571. The van der Waals surface area contributed by atoms with Crippen LogP contribution in [-0.2, 0) is 25.7 Å². The summed E-state index contributed by atoms with van der Waals surface area (Å²) < 4.78 is 0. The van der Waals surface area contributed by atoms with Crippen LogP contribution >= 0.6 is 0 Å². The molecule has 0 aromatic heterocycles. The number of nitrogens with zero attached hydrogens (tertiary/aromatic N) is 1. The van der Waals surface area contributed by atoms with Crippen molar-refractivity contribution in [2.45, 2.75) is 39.0 Å². The molecule has 1 aromatic carbocycles. The van der Waals surface area contributed by atoms with E-state index in [-0.39, 0.29) is 0 Å². The Bertz CT molecular complexity index is 406. The summed E-state index contributed by atoms with van der Waals surface area (Å²) in [6, 6.07) is 2.49. The third kappa shape index (κ3) is 1.22. The Labute approximate surface area is 92.1 Å². The van der Waals surface area contributed by atoms with Crippen LogP contribution in [0.3, 0.4) is 0 Å². The number of fused-ring (bicyclic) bond motifs is 3. The van der Waals surface area contributed by atoms with E-state index in [1.54, 1.807) is 27.9 Å². The average Bonchev–Trinajstić information content (AvgIpc) is 2.83. The van der Waals surface area contributed by atoms with Crippen molar-refractivity contribution in [3.05, 3.63) is 28.3 Å². The smallest absolute Gasteiger partial charge is 0.0435 e. The van der Waals surface area contributed by atoms with E-state index < -0.39 is 0 Å². The molecule has 2 aliphatic rings. The van der Waals surface area contributed by atoms with Gasteiger partial charge in [-0.05, 0) is 54.4 Å². The van der Waals surface area contributed by atoms with Crippen LogP contribution in [0.5, 0.6) is 0 Å². The van der Waals surface area contributed by atoms with Gasteiger partial charge in [0.15, 0.2) is 0 Å². The number of likely N-dealkylation sites (N-methyl/N-ethyl adjacent to an activating group) is 1. The van der Waals surface area contributed by atoms with Gasteiger partial charge in [-0.2, -0.15) is 0 Å². The number of hydrogen-bond donors (Lipinski definition) is 0. The van der Waals surface area contributed by atoms with Crippen LogP contribution in [0.15, 0.2) is 6.07 Å². The van der Waals surface area contributed by atoms with Gasteiger partial charge in [0.1, 0.15) is 0 Å². The number of hydrogen-bond acceptors (Lipinski definition) is 1. The summed E-state index contributed by atoms with van der Waals surface area (Å²) in [7, 11) is 2.25. The maximum atomic E-state index is 2.49. The fourth-order valence-corrected chi connectivity index (χ4v) is 3.27. The molecule has 1 nitrogen and oxygen atoms in total. The van der Waals surface area contributed by atoms with Crippen molar-refractivity contribution in [1.82, 2.24) is 0 Å². The highest BCUT2D eigenvalue weighted by Gasteiger charge is 2.26. The number of benzene rings is 1. The van der Waals surface area contributed by atoms with Crippen LogP contribution in [0.1, 0.15) is 35.6 Å². The molecule has 15 heavy (non-hydrogen) atoms. The van der Waals surface area contributed by atoms with Gasteiger partial charge in [0.2, 0.25) is 0 Å². The fourth-order valence-electron chi connectivity index (χ4n) is 3.27. The lowest BCUT2D eigenvalue weighted by Gasteiger charge is -2.18. The minimum Gasteiger partial charge on any atom is -0.374 e. The van der Waals surface area contributed by atoms with Gasteiger partial charge in [-0.15, -0.1) is 0 Å². The normalized spacial score (nSPS) is 18.1. The van der Waals surface area contributed by atoms with Crippen LogP contribution < -0.4 is 4.90 Å². The van der Waals surface area contributed by atoms with Crippen molar-refractivity contribution in [3.8, 4) is 0 Å². The molecule has 0 bridgehead atoms. The van der Waals surface area contributed by atoms with Gasteiger partial charge >= 0.3 is 0 Å². The first-order valence-electron chi connectivity index (χ1n) is 6.19. The lowest BCUT2D eigenvalue weighted by atomic mass is 9.96. The molecular formula is C14H19N.